The van der Waals surface area contributed by atoms with E-state index in [0.29, 0.717) is 26.3 Å². The Morgan fingerprint density at radius 2 is 1.10 bits per heavy atom. The molecule has 2 aromatic rings. The Morgan fingerprint density at radius 3 is 1.50 bits per heavy atom. The van der Waals surface area contributed by atoms with Gasteiger partial charge in [-0.3, -0.25) is 0 Å². The van der Waals surface area contributed by atoms with Crippen molar-refractivity contribution in [3.8, 4) is 22.6 Å². The molecule has 0 aliphatic carbocycles. The van der Waals surface area contributed by atoms with Crippen molar-refractivity contribution in [2.45, 2.75) is 26.7 Å². The molecule has 0 saturated carbocycles. The molecule has 4 N–H and O–H groups in total. The molecule has 6 heteroatoms. The number of hydrogen-bond acceptors (Lipinski definition) is 6. The average Bonchev–Trinajstić information content (AvgIpc) is 2.75. The van der Waals surface area contributed by atoms with Gasteiger partial charge < -0.3 is 30.3 Å². The number of nitrogens with one attached hydrogen (secondary N) is 2. The zero-order chi connectivity index (χ0) is 21.6. The molecule has 0 bridgehead atoms. The van der Waals surface area contributed by atoms with Crippen LogP contribution in [-0.2, 0) is 0 Å². The van der Waals surface area contributed by atoms with Crippen LogP contribution in [0.2, 0.25) is 0 Å². The van der Waals surface area contributed by atoms with Gasteiger partial charge in [0.05, 0.1) is 26.4 Å². The van der Waals surface area contributed by atoms with Crippen LogP contribution in [0.5, 0.6) is 11.5 Å². The van der Waals surface area contributed by atoms with Gasteiger partial charge in [-0.15, -0.1) is 0 Å². The first kappa shape index (κ1) is 24.2. The second-order valence-corrected chi connectivity index (χ2v) is 7.21. The molecule has 0 fully saturated rings. The molecule has 0 aliphatic rings. The predicted octanol–water partition coefficient (Wildman–Crippen LogP) is 2.67. The molecule has 0 atom stereocenters. The number of ether oxygens (including phenoxy) is 2. The molecule has 0 saturated heterocycles. The third-order valence-electron chi connectivity index (χ3n) is 4.95. The molecule has 0 spiro atoms. The summed E-state index contributed by atoms with van der Waals surface area (Å²) in [5.74, 6) is 1.80. The molecule has 0 heterocycles. The largest absolute Gasteiger partial charge is 0.493 e. The van der Waals surface area contributed by atoms with E-state index in [1.165, 1.54) is 0 Å². The molecule has 0 aromatic heterocycles. The number of benzene rings is 2. The zero-order valence-electron chi connectivity index (χ0n) is 18.2. The Labute approximate surface area is 180 Å². The van der Waals surface area contributed by atoms with E-state index in [0.717, 1.165) is 59.7 Å². The van der Waals surface area contributed by atoms with E-state index >= 15 is 0 Å². The third-order valence-corrected chi connectivity index (χ3v) is 4.95. The van der Waals surface area contributed by atoms with Crippen LogP contribution in [0, 0.1) is 13.8 Å². The lowest BCUT2D eigenvalue weighted by Gasteiger charge is -2.17. The fourth-order valence-electron chi connectivity index (χ4n) is 3.29. The van der Waals surface area contributed by atoms with Gasteiger partial charge >= 0.3 is 0 Å². The first-order chi connectivity index (χ1) is 14.7. The first-order valence-corrected chi connectivity index (χ1v) is 10.8. The van der Waals surface area contributed by atoms with Gasteiger partial charge in [-0.2, -0.15) is 0 Å². The second-order valence-electron chi connectivity index (χ2n) is 7.21. The summed E-state index contributed by atoms with van der Waals surface area (Å²) in [6, 6.07) is 12.3. The summed E-state index contributed by atoms with van der Waals surface area (Å²) >= 11 is 0. The summed E-state index contributed by atoms with van der Waals surface area (Å²) in [7, 11) is 0. The summed E-state index contributed by atoms with van der Waals surface area (Å²) in [4.78, 5) is 0. The summed E-state index contributed by atoms with van der Waals surface area (Å²) in [5, 5.41) is 23.9. The van der Waals surface area contributed by atoms with E-state index in [1.54, 1.807) is 0 Å². The van der Waals surface area contributed by atoms with Gasteiger partial charge in [-0.25, -0.2) is 0 Å². The summed E-state index contributed by atoms with van der Waals surface area (Å²) in [6.07, 6.45) is 1.78. The molecule has 0 unspecified atom stereocenters. The fraction of sp³-hybridized carbons (Fsp3) is 0.500. The lowest BCUT2D eigenvalue weighted by atomic mass is 9.95. The Bertz CT molecular complexity index is 688. The van der Waals surface area contributed by atoms with Crippen LogP contribution in [0.3, 0.4) is 0 Å². The SMILES string of the molecule is Cc1c(OCCCNCCO)cccc1-c1cccc(OCCCNCCO)c1C. The maximum absolute atomic E-state index is 8.80. The molecule has 0 amide bonds. The van der Waals surface area contributed by atoms with Gasteiger partial charge in [0, 0.05) is 13.1 Å². The molecular formula is C24H36N2O4. The third kappa shape index (κ3) is 7.61. The lowest BCUT2D eigenvalue weighted by molar-refractivity contribution is 0.281. The van der Waals surface area contributed by atoms with Crippen molar-refractivity contribution in [2.75, 3.05) is 52.6 Å². The molecule has 2 aromatic carbocycles. The van der Waals surface area contributed by atoms with Gasteiger partial charge in [0.2, 0.25) is 0 Å². The van der Waals surface area contributed by atoms with Crippen LogP contribution < -0.4 is 20.1 Å². The van der Waals surface area contributed by atoms with Crippen molar-refractivity contribution in [1.82, 2.24) is 10.6 Å². The van der Waals surface area contributed by atoms with Crippen molar-refractivity contribution < 1.29 is 19.7 Å². The topological polar surface area (TPSA) is 83.0 Å². The monoisotopic (exact) mass is 416 g/mol. The molecule has 166 valence electrons. The van der Waals surface area contributed by atoms with Crippen LogP contribution in [0.25, 0.3) is 11.1 Å². The van der Waals surface area contributed by atoms with Gasteiger partial charge in [0.1, 0.15) is 11.5 Å². The summed E-state index contributed by atoms with van der Waals surface area (Å²) in [6.45, 7) is 8.65. The van der Waals surface area contributed by atoms with Gasteiger partial charge in [-0.05, 0) is 74.2 Å². The van der Waals surface area contributed by atoms with Crippen LogP contribution in [0.15, 0.2) is 36.4 Å². The van der Waals surface area contributed by atoms with E-state index in [-0.39, 0.29) is 13.2 Å². The van der Waals surface area contributed by atoms with Crippen LogP contribution in [0.1, 0.15) is 24.0 Å². The van der Waals surface area contributed by atoms with E-state index in [1.807, 2.05) is 24.3 Å². The van der Waals surface area contributed by atoms with Crippen molar-refractivity contribution in [3.05, 3.63) is 47.5 Å². The first-order valence-electron chi connectivity index (χ1n) is 10.8. The van der Waals surface area contributed by atoms with Crippen molar-refractivity contribution >= 4 is 0 Å². The van der Waals surface area contributed by atoms with Gasteiger partial charge in [0.15, 0.2) is 0 Å². The molecule has 6 nitrogen and oxygen atoms in total. The molecule has 30 heavy (non-hydrogen) atoms. The van der Waals surface area contributed by atoms with E-state index in [9.17, 15) is 0 Å². The maximum Gasteiger partial charge on any atom is 0.122 e. The molecular weight excluding hydrogens is 380 g/mol. The van der Waals surface area contributed by atoms with E-state index in [2.05, 4.69) is 36.6 Å². The minimum absolute atomic E-state index is 0.157. The quantitative estimate of drug-likeness (QED) is 0.334. The van der Waals surface area contributed by atoms with Crippen LogP contribution >= 0.6 is 0 Å². The number of aliphatic hydroxyl groups is 2. The number of rotatable bonds is 15. The number of aliphatic hydroxyl groups excluding tert-OH is 2. The predicted molar refractivity (Wildman–Crippen MR) is 121 cm³/mol. The molecule has 0 aliphatic heterocycles. The Morgan fingerprint density at radius 1 is 0.667 bits per heavy atom. The van der Waals surface area contributed by atoms with Crippen molar-refractivity contribution in [1.29, 1.82) is 0 Å². The zero-order valence-corrected chi connectivity index (χ0v) is 18.2. The highest BCUT2D eigenvalue weighted by molar-refractivity contribution is 5.74. The smallest absolute Gasteiger partial charge is 0.122 e. The highest BCUT2D eigenvalue weighted by Gasteiger charge is 2.12. The van der Waals surface area contributed by atoms with Crippen molar-refractivity contribution in [3.63, 3.8) is 0 Å². The minimum atomic E-state index is 0.157. The van der Waals surface area contributed by atoms with Crippen LogP contribution in [0.4, 0.5) is 0 Å². The lowest BCUT2D eigenvalue weighted by Crippen LogP contribution is -2.21. The minimum Gasteiger partial charge on any atom is -0.493 e. The van der Waals surface area contributed by atoms with Crippen molar-refractivity contribution in [2.24, 2.45) is 0 Å². The highest BCUT2D eigenvalue weighted by Crippen LogP contribution is 2.35. The average molecular weight is 417 g/mol. The summed E-state index contributed by atoms with van der Waals surface area (Å²) in [5.41, 5.74) is 4.54. The van der Waals surface area contributed by atoms with Crippen LogP contribution in [-0.4, -0.2) is 62.8 Å². The molecule has 0 radical (unpaired) electrons. The van der Waals surface area contributed by atoms with E-state index in [4.69, 9.17) is 19.7 Å². The second kappa shape index (κ2) is 14.0. The number of hydrogen-bond donors (Lipinski definition) is 4. The fourth-order valence-corrected chi connectivity index (χ4v) is 3.29. The Balaban J connectivity index is 1.99. The van der Waals surface area contributed by atoms with E-state index < -0.39 is 0 Å². The standard InChI is InChI=1S/C24H36N2O4/c1-19-21(7-3-9-23(19)29-17-5-11-25-13-15-27)22-8-4-10-24(20(22)2)30-18-6-12-26-14-16-28/h3-4,7-10,25-28H,5-6,11-18H2,1-2H3. The van der Waals surface area contributed by atoms with Gasteiger partial charge in [0.25, 0.3) is 0 Å². The molecule has 2 rings (SSSR count). The Hall–Kier alpha value is -2.12. The Kier molecular flexibility index (Phi) is 11.3. The summed E-state index contributed by atoms with van der Waals surface area (Å²) < 4.78 is 12.0. The normalized spacial score (nSPS) is 10.9. The highest BCUT2D eigenvalue weighted by atomic mass is 16.5. The van der Waals surface area contributed by atoms with Gasteiger partial charge in [-0.1, -0.05) is 24.3 Å². The maximum atomic E-state index is 8.80.